The number of para-hydroxylation sites is 1. The number of non-ortho nitro benzene ring substituents is 1. The maximum atomic E-state index is 13.4. The Kier molecular flexibility index (Phi) is 8.38. The van der Waals surface area contributed by atoms with Gasteiger partial charge in [-0.25, -0.2) is 8.42 Å². The van der Waals surface area contributed by atoms with Crippen molar-refractivity contribution >= 4 is 38.9 Å². The number of sulfonamides is 1. The topological polar surface area (TPSA) is 130 Å². The average Bonchev–Trinajstić information content (AvgIpc) is 2.88. The summed E-state index contributed by atoms with van der Waals surface area (Å²) in [7, 11) is -4.19. The minimum Gasteiger partial charge on any atom is -0.339 e. The molecule has 0 aliphatic carbocycles. The van der Waals surface area contributed by atoms with E-state index >= 15 is 0 Å². The zero-order valence-electron chi connectivity index (χ0n) is 19.8. The molecule has 0 heterocycles. The summed E-state index contributed by atoms with van der Waals surface area (Å²) >= 11 is 0. The highest BCUT2D eigenvalue weighted by Gasteiger charge is 2.28. The van der Waals surface area contributed by atoms with Crippen LogP contribution in [0.15, 0.2) is 83.8 Å². The van der Waals surface area contributed by atoms with Crippen LogP contribution in [0.5, 0.6) is 0 Å². The Labute approximate surface area is 209 Å². The predicted molar refractivity (Wildman–Crippen MR) is 136 cm³/mol. The molecule has 0 unspecified atom stereocenters. The van der Waals surface area contributed by atoms with Crippen molar-refractivity contribution in [2.75, 3.05) is 29.3 Å². The lowest BCUT2D eigenvalue weighted by atomic mass is 10.1. The molecule has 0 radical (unpaired) electrons. The van der Waals surface area contributed by atoms with Crippen LogP contribution in [-0.2, 0) is 14.8 Å². The van der Waals surface area contributed by atoms with Gasteiger partial charge in [-0.1, -0.05) is 30.3 Å². The van der Waals surface area contributed by atoms with E-state index in [4.69, 9.17) is 0 Å². The van der Waals surface area contributed by atoms with Crippen LogP contribution in [0, 0.1) is 10.1 Å². The number of benzene rings is 3. The van der Waals surface area contributed by atoms with Gasteiger partial charge < -0.3 is 10.2 Å². The third kappa shape index (κ3) is 5.87. The van der Waals surface area contributed by atoms with E-state index in [1.807, 2.05) is 13.8 Å². The van der Waals surface area contributed by atoms with Crippen LogP contribution in [0.25, 0.3) is 0 Å². The zero-order valence-corrected chi connectivity index (χ0v) is 20.6. The van der Waals surface area contributed by atoms with E-state index in [9.17, 15) is 28.1 Å². The van der Waals surface area contributed by atoms with Crippen LogP contribution in [0.3, 0.4) is 0 Å². The number of amides is 2. The molecule has 0 atom stereocenters. The second kappa shape index (κ2) is 11.5. The van der Waals surface area contributed by atoms with Crippen molar-refractivity contribution in [2.24, 2.45) is 0 Å². The molecule has 0 bridgehead atoms. The second-order valence-electron chi connectivity index (χ2n) is 7.67. The van der Waals surface area contributed by atoms with Crippen molar-refractivity contribution in [3.05, 3.63) is 94.5 Å². The monoisotopic (exact) mass is 510 g/mol. The Morgan fingerprint density at radius 1 is 0.889 bits per heavy atom. The summed E-state index contributed by atoms with van der Waals surface area (Å²) in [5, 5.41) is 13.7. The number of carbonyl (C=O) groups excluding carboxylic acids is 2. The van der Waals surface area contributed by atoms with Gasteiger partial charge in [-0.2, -0.15) is 0 Å². The van der Waals surface area contributed by atoms with E-state index in [0.29, 0.717) is 13.1 Å². The normalized spacial score (nSPS) is 10.9. The Morgan fingerprint density at radius 3 is 2.06 bits per heavy atom. The van der Waals surface area contributed by atoms with Crippen molar-refractivity contribution in [1.82, 2.24) is 4.90 Å². The lowest BCUT2D eigenvalue weighted by Gasteiger charge is -2.24. The fourth-order valence-corrected chi connectivity index (χ4v) is 5.00. The Bertz CT molecular complexity index is 1340. The summed E-state index contributed by atoms with van der Waals surface area (Å²) in [6, 6.07) is 18.9. The van der Waals surface area contributed by atoms with Gasteiger partial charge in [-0.05, 0) is 50.2 Å². The largest absolute Gasteiger partial charge is 0.339 e. The van der Waals surface area contributed by atoms with Gasteiger partial charge in [-0.3, -0.25) is 24.0 Å². The predicted octanol–water partition coefficient (Wildman–Crippen LogP) is 3.91. The molecule has 10 nitrogen and oxygen atoms in total. The van der Waals surface area contributed by atoms with E-state index in [1.165, 1.54) is 36.4 Å². The standard InChI is InChI=1S/C25H26N4O6S/c1-3-27(4-2)25(31)22-12-8-9-13-23(22)26-24(30)18-28(19-14-16-20(17-15-19)29(32)33)36(34,35)21-10-6-5-7-11-21/h5-17H,3-4,18H2,1-2H3,(H,26,30). The van der Waals surface area contributed by atoms with Crippen LogP contribution in [-0.4, -0.2) is 49.7 Å². The molecule has 0 saturated heterocycles. The molecule has 0 spiro atoms. The molecule has 0 aliphatic rings. The molecule has 188 valence electrons. The summed E-state index contributed by atoms with van der Waals surface area (Å²) in [6.07, 6.45) is 0. The molecule has 3 aromatic carbocycles. The van der Waals surface area contributed by atoms with E-state index in [0.717, 1.165) is 4.31 Å². The molecular weight excluding hydrogens is 484 g/mol. The molecule has 0 aliphatic heterocycles. The third-order valence-electron chi connectivity index (χ3n) is 5.45. The highest BCUT2D eigenvalue weighted by Crippen LogP contribution is 2.26. The summed E-state index contributed by atoms with van der Waals surface area (Å²) in [4.78, 5) is 38.0. The molecule has 0 fully saturated rings. The van der Waals surface area contributed by atoms with Gasteiger partial charge in [0.1, 0.15) is 6.54 Å². The first kappa shape index (κ1) is 26.4. The quantitative estimate of drug-likeness (QED) is 0.325. The van der Waals surface area contributed by atoms with Crippen LogP contribution < -0.4 is 9.62 Å². The lowest BCUT2D eigenvalue weighted by molar-refractivity contribution is -0.384. The number of carbonyl (C=O) groups is 2. The van der Waals surface area contributed by atoms with Crippen molar-refractivity contribution in [2.45, 2.75) is 18.7 Å². The minimum atomic E-state index is -4.19. The molecule has 2 amide bonds. The number of hydrogen-bond acceptors (Lipinski definition) is 6. The van der Waals surface area contributed by atoms with E-state index < -0.39 is 27.4 Å². The lowest BCUT2D eigenvalue weighted by Crippen LogP contribution is -2.38. The first-order chi connectivity index (χ1) is 17.2. The smallest absolute Gasteiger partial charge is 0.269 e. The van der Waals surface area contributed by atoms with Crippen LogP contribution in [0.4, 0.5) is 17.1 Å². The zero-order chi connectivity index (χ0) is 26.3. The van der Waals surface area contributed by atoms with Crippen molar-refractivity contribution in [1.29, 1.82) is 0 Å². The summed E-state index contributed by atoms with van der Waals surface area (Å²) in [5.41, 5.74) is 0.388. The van der Waals surface area contributed by atoms with Crippen LogP contribution in [0.2, 0.25) is 0 Å². The Morgan fingerprint density at radius 2 is 1.47 bits per heavy atom. The van der Waals surface area contributed by atoms with Gasteiger partial charge >= 0.3 is 0 Å². The number of anilines is 2. The van der Waals surface area contributed by atoms with Crippen molar-refractivity contribution in [3.63, 3.8) is 0 Å². The van der Waals surface area contributed by atoms with Crippen molar-refractivity contribution < 1.29 is 22.9 Å². The highest BCUT2D eigenvalue weighted by atomic mass is 32.2. The molecule has 36 heavy (non-hydrogen) atoms. The fraction of sp³-hybridized carbons (Fsp3) is 0.200. The fourth-order valence-electron chi connectivity index (χ4n) is 3.56. The van der Waals surface area contributed by atoms with E-state index in [-0.39, 0.29) is 33.4 Å². The summed E-state index contributed by atoms with van der Waals surface area (Å²) < 4.78 is 27.7. The number of rotatable bonds is 10. The molecule has 11 heteroatoms. The number of nitrogens with zero attached hydrogens (tertiary/aromatic N) is 3. The number of nitro groups is 1. The van der Waals surface area contributed by atoms with Crippen LogP contribution in [0.1, 0.15) is 24.2 Å². The molecule has 0 saturated carbocycles. The first-order valence-electron chi connectivity index (χ1n) is 11.2. The molecule has 3 rings (SSSR count). The highest BCUT2D eigenvalue weighted by molar-refractivity contribution is 7.92. The molecule has 1 N–H and O–H groups in total. The Hall–Kier alpha value is -4.25. The van der Waals surface area contributed by atoms with Gasteiger partial charge in [0.25, 0.3) is 21.6 Å². The maximum absolute atomic E-state index is 13.4. The third-order valence-corrected chi connectivity index (χ3v) is 7.24. The van der Waals surface area contributed by atoms with E-state index in [1.54, 1.807) is 47.4 Å². The van der Waals surface area contributed by atoms with E-state index in [2.05, 4.69) is 5.32 Å². The molecule has 0 aromatic heterocycles. The Balaban J connectivity index is 1.95. The second-order valence-corrected chi connectivity index (χ2v) is 9.53. The minimum absolute atomic E-state index is 0.0479. The van der Waals surface area contributed by atoms with Gasteiger partial charge in [-0.15, -0.1) is 0 Å². The maximum Gasteiger partial charge on any atom is 0.269 e. The number of nitrogens with one attached hydrogen (secondary N) is 1. The first-order valence-corrected chi connectivity index (χ1v) is 12.6. The number of hydrogen-bond donors (Lipinski definition) is 1. The molecule has 3 aromatic rings. The van der Waals surface area contributed by atoms with Gasteiger partial charge in [0.15, 0.2) is 0 Å². The average molecular weight is 511 g/mol. The van der Waals surface area contributed by atoms with Gasteiger partial charge in [0.05, 0.1) is 26.8 Å². The summed E-state index contributed by atoms with van der Waals surface area (Å²) in [5.74, 6) is -0.951. The number of nitro benzene ring substituents is 1. The van der Waals surface area contributed by atoms with Gasteiger partial charge in [0.2, 0.25) is 5.91 Å². The SMILES string of the molecule is CCN(CC)C(=O)c1ccccc1NC(=O)CN(c1ccc([N+](=O)[O-])cc1)S(=O)(=O)c1ccccc1. The van der Waals surface area contributed by atoms with Crippen LogP contribution >= 0.6 is 0 Å². The van der Waals surface area contributed by atoms with Crippen molar-refractivity contribution in [3.8, 4) is 0 Å². The molecular formula is C25H26N4O6S. The van der Waals surface area contributed by atoms with Gasteiger partial charge in [0, 0.05) is 25.2 Å². The summed E-state index contributed by atoms with van der Waals surface area (Å²) in [6.45, 7) is 4.04.